The van der Waals surface area contributed by atoms with Crippen LogP contribution in [-0.2, 0) is 0 Å². The van der Waals surface area contributed by atoms with Gasteiger partial charge >= 0.3 is 5.76 Å². The Labute approximate surface area is 116 Å². The normalized spacial score (nSPS) is 11.1. The van der Waals surface area contributed by atoms with Crippen molar-refractivity contribution >= 4 is 28.5 Å². The molecule has 0 atom stereocenters. The molecule has 3 rings (SSSR count). The number of aromatic nitrogens is 3. The maximum atomic E-state index is 11.4. The highest BCUT2D eigenvalue weighted by molar-refractivity contribution is 7.99. The zero-order valence-corrected chi connectivity index (χ0v) is 11.2. The van der Waals surface area contributed by atoms with E-state index in [-0.39, 0.29) is 5.56 Å². The van der Waals surface area contributed by atoms with E-state index in [1.807, 2.05) is 0 Å². The van der Waals surface area contributed by atoms with Crippen LogP contribution in [0.4, 0.5) is 5.69 Å². The van der Waals surface area contributed by atoms with Crippen molar-refractivity contribution in [1.29, 1.82) is 0 Å². The third-order valence-electron chi connectivity index (χ3n) is 2.61. The third kappa shape index (κ3) is 2.32. The summed E-state index contributed by atoms with van der Waals surface area (Å²) in [6, 6.07) is 4.65. The largest absolute Gasteiger partial charge is 0.417 e. The molecule has 0 amide bonds. The van der Waals surface area contributed by atoms with Crippen LogP contribution >= 0.6 is 11.8 Å². The van der Waals surface area contributed by atoms with E-state index in [2.05, 4.69) is 15.0 Å². The van der Waals surface area contributed by atoms with Crippen LogP contribution in [0, 0.1) is 6.92 Å². The number of nitrogens with two attached hydrogens (primary N) is 1. The number of nitrogen functional groups attached to an aromatic ring is 1. The topological polar surface area (TPSA) is 118 Å². The molecule has 0 aliphatic rings. The molecule has 7 nitrogen and oxygen atoms in total. The first-order chi connectivity index (χ1) is 9.51. The Kier molecular flexibility index (Phi) is 2.87. The van der Waals surface area contributed by atoms with Gasteiger partial charge in [-0.25, -0.2) is 9.78 Å². The zero-order valence-electron chi connectivity index (χ0n) is 10.4. The summed E-state index contributed by atoms with van der Waals surface area (Å²) in [5.41, 5.74) is 7.67. The fourth-order valence-corrected chi connectivity index (χ4v) is 2.69. The number of aromatic amines is 2. The Morgan fingerprint density at radius 2 is 2.05 bits per heavy atom. The van der Waals surface area contributed by atoms with Crippen LogP contribution in [-0.4, -0.2) is 15.0 Å². The summed E-state index contributed by atoms with van der Waals surface area (Å²) in [4.78, 5) is 32.6. The summed E-state index contributed by atoms with van der Waals surface area (Å²) in [5, 5.41) is 0.437. The predicted molar refractivity (Wildman–Crippen MR) is 75.0 cm³/mol. The molecule has 0 aliphatic carbocycles. The molecule has 4 N–H and O–H groups in total. The Morgan fingerprint density at radius 3 is 2.80 bits per heavy atom. The average molecular weight is 290 g/mol. The van der Waals surface area contributed by atoms with Crippen LogP contribution in [0.5, 0.6) is 0 Å². The van der Waals surface area contributed by atoms with Crippen LogP contribution in [0.3, 0.4) is 0 Å². The van der Waals surface area contributed by atoms with Gasteiger partial charge in [0.1, 0.15) is 0 Å². The molecule has 0 unspecified atom stereocenters. The van der Waals surface area contributed by atoms with Gasteiger partial charge in [0.15, 0.2) is 10.7 Å². The molecule has 102 valence electrons. The van der Waals surface area contributed by atoms with Crippen LogP contribution in [0.1, 0.15) is 5.69 Å². The van der Waals surface area contributed by atoms with E-state index in [9.17, 15) is 9.59 Å². The van der Waals surface area contributed by atoms with Crippen molar-refractivity contribution in [2.24, 2.45) is 0 Å². The number of hydrogen-bond donors (Lipinski definition) is 3. The van der Waals surface area contributed by atoms with Crippen molar-refractivity contribution in [3.05, 3.63) is 44.8 Å². The summed E-state index contributed by atoms with van der Waals surface area (Å²) in [7, 11) is 0. The van der Waals surface area contributed by atoms with E-state index >= 15 is 0 Å². The molecule has 0 saturated heterocycles. The fourth-order valence-electron chi connectivity index (χ4n) is 1.79. The molecule has 0 spiro atoms. The highest BCUT2D eigenvalue weighted by atomic mass is 32.2. The summed E-state index contributed by atoms with van der Waals surface area (Å²) < 4.78 is 4.92. The van der Waals surface area contributed by atoms with Gasteiger partial charge in [0, 0.05) is 28.4 Å². The first-order valence-corrected chi connectivity index (χ1v) is 6.51. The van der Waals surface area contributed by atoms with Gasteiger partial charge < -0.3 is 15.1 Å². The van der Waals surface area contributed by atoms with Crippen LogP contribution in [0.15, 0.2) is 42.3 Å². The lowest BCUT2D eigenvalue weighted by Gasteiger charge is -2.04. The van der Waals surface area contributed by atoms with Gasteiger partial charge in [-0.3, -0.25) is 9.78 Å². The van der Waals surface area contributed by atoms with Crippen molar-refractivity contribution in [1.82, 2.24) is 15.0 Å². The smallest absolute Gasteiger partial charge is 0.408 e. The molecular formula is C12H10N4O3S. The first kappa shape index (κ1) is 12.5. The number of nitrogens with one attached hydrogen (secondary N) is 2. The predicted octanol–water partition coefficient (Wildman–Crippen LogP) is 1.25. The van der Waals surface area contributed by atoms with E-state index in [1.54, 1.807) is 19.1 Å². The van der Waals surface area contributed by atoms with Crippen LogP contribution < -0.4 is 17.0 Å². The summed E-state index contributed by atoms with van der Waals surface area (Å²) in [5.74, 6) is -0.538. The monoisotopic (exact) mass is 290 g/mol. The minimum absolute atomic E-state index is 0.226. The summed E-state index contributed by atoms with van der Waals surface area (Å²) in [6.45, 7) is 1.74. The van der Waals surface area contributed by atoms with Crippen molar-refractivity contribution in [3.63, 3.8) is 0 Å². The molecule has 3 aromatic rings. The van der Waals surface area contributed by atoms with Gasteiger partial charge in [-0.15, -0.1) is 0 Å². The molecule has 0 fully saturated rings. The molecule has 20 heavy (non-hydrogen) atoms. The highest BCUT2D eigenvalue weighted by Gasteiger charge is 2.09. The zero-order chi connectivity index (χ0) is 14.3. The van der Waals surface area contributed by atoms with E-state index in [1.165, 1.54) is 17.8 Å². The Bertz CT molecular complexity index is 909. The lowest BCUT2D eigenvalue weighted by atomic mass is 10.3. The number of H-pyrrole nitrogens is 2. The van der Waals surface area contributed by atoms with Crippen molar-refractivity contribution < 1.29 is 4.42 Å². The summed E-state index contributed by atoms with van der Waals surface area (Å²) in [6.07, 6.45) is 0. The third-order valence-corrected chi connectivity index (χ3v) is 3.57. The van der Waals surface area contributed by atoms with Gasteiger partial charge in [0.05, 0.1) is 5.52 Å². The number of anilines is 1. The van der Waals surface area contributed by atoms with E-state index < -0.39 is 5.76 Å². The number of oxazole rings is 1. The fraction of sp³-hybridized carbons (Fsp3) is 0.0833. The molecule has 0 radical (unpaired) electrons. The van der Waals surface area contributed by atoms with Crippen molar-refractivity contribution in [2.45, 2.75) is 17.0 Å². The summed E-state index contributed by atoms with van der Waals surface area (Å²) >= 11 is 1.21. The minimum atomic E-state index is -0.538. The lowest BCUT2D eigenvalue weighted by molar-refractivity contribution is 0.555. The van der Waals surface area contributed by atoms with Crippen molar-refractivity contribution in [2.75, 3.05) is 5.73 Å². The standard InChI is InChI=1S/C12H10N4O3S/c1-5-2-10(17)16-11(14-5)20-9-4-7-8(3-6(9)13)19-12(18)15-7/h2-4H,13H2,1H3,(H,15,18)(H,14,16,17). The minimum Gasteiger partial charge on any atom is -0.408 e. The van der Waals surface area contributed by atoms with Crippen molar-refractivity contribution in [3.8, 4) is 0 Å². The van der Waals surface area contributed by atoms with E-state index in [0.717, 1.165) is 0 Å². The van der Waals surface area contributed by atoms with Gasteiger partial charge in [0.2, 0.25) is 0 Å². The van der Waals surface area contributed by atoms with E-state index in [0.29, 0.717) is 32.5 Å². The number of benzene rings is 1. The quantitative estimate of drug-likeness (QED) is 0.483. The van der Waals surface area contributed by atoms with Crippen LogP contribution in [0.25, 0.3) is 11.1 Å². The number of fused-ring (bicyclic) bond motifs is 1. The molecule has 0 saturated carbocycles. The Morgan fingerprint density at radius 1 is 1.25 bits per heavy atom. The van der Waals surface area contributed by atoms with Gasteiger partial charge in [-0.1, -0.05) is 0 Å². The number of hydrogen-bond acceptors (Lipinski definition) is 6. The SMILES string of the molecule is Cc1cc(=O)[nH]c(Sc2cc3[nH]c(=O)oc3cc2N)n1. The molecule has 2 heterocycles. The lowest BCUT2D eigenvalue weighted by Crippen LogP contribution is -2.08. The highest BCUT2D eigenvalue weighted by Crippen LogP contribution is 2.32. The second-order valence-electron chi connectivity index (χ2n) is 4.19. The molecule has 0 bridgehead atoms. The number of aryl methyl sites for hydroxylation is 1. The maximum absolute atomic E-state index is 11.4. The van der Waals surface area contributed by atoms with Crippen LogP contribution in [0.2, 0.25) is 0 Å². The van der Waals surface area contributed by atoms with E-state index in [4.69, 9.17) is 10.2 Å². The first-order valence-electron chi connectivity index (χ1n) is 5.69. The number of rotatable bonds is 2. The Hall–Kier alpha value is -2.48. The molecule has 8 heteroatoms. The van der Waals surface area contributed by atoms with Gasteiger partial charge in [-0.2, -0.15) is 0 Å². The Balaban J connectivity index is 2.07. The maximum Gasteiger partial charge on any atom is 0.417 e. The average Bonchev–Trinajstić information content (AvgIpc) is 2.67. The molecule has 1 aromatic carbocycles. The molecule has 2 aromatic heterocycles. The van der Waals surface area contributed by atoms with Gasteiger partial charge in [0.25, 0.3) is 5.56 Å². The molecule has 0 aliphatic heterocycles. The second-order valence-corrected chi connectivity index (χ2v) is 5.23. The number of nitrogens with zero attached hydrogens (tertiary/aromatic N) is 1. The van der Waals surface area contributed by atoms with Gasteiger partial charge in [-0.05, 0) is 24.8 Å². The molecular weight excluding hydrogens is 280 g/mol. The second kappa shape index (κ2) is 4.57.